The van der Waals surface area contributed by atoms with E-state index in [0.717, 1.165) is 0 Å². The number of nitrogens with zero attached hydrogens (tertiary/aromatic N) is 1. The van der Waals surface area contributed by atoms with E-state index in [1.54, 1.807) is 6.92 Å². The SMILES string of the molecule is CC1C(C(=O)O)OC(=O)N1C. The number of carboxylic acids is 1. The largest absolute Gasteiger partial charge is 0.478 e. The van der Waals surface area contributed by atoms with Gasteiger partial charge >= 0.3 is 12.1 Å². The maximum atomic E-state index is 10.7. The second kappa shape index (κ2) is 2.41. The van der Waals surface area contributed by atoms with Gasteiger partial charge in [-0.2, -0.15) is 0 Å². The first-order chi connectivity index (χ1) is 5.04. The van der Waals surface area contributed by atoms with Crippen LogP contribution in [0.5, 0.6) is 0 Å². The molecule has 0 aliphatic carbocycles. The Kier molecular flexibility index (Phi) is 1.72. The van der Waals surface area contributed by atoms with Crippen molar-refractivity contribution in [3.8, 4) is 0 Å². The number of hydrogen-bond acceptors (Lipinski definition) is 3. The molecule has 0 bridgehead atoms. The molecule has 1 rings (SSSR count). The summed E-state index contributed by atoms with van der Waals surface area (Å²) in [6.45, 7) is 1.63. The molecule has 0 spiro atoms. The second-order valence-corrected chi connectivity index (χ2v) is 2.49. The molecule has 1 amide bonds. The minimum Gasteiger partial charge on any atom is -0.478 e. The van der Waals surface area contributed by atoms with Crippen LogP contribution in [0, 0.1) is 0 Å². The number of carbonyl (C=O) groups is 2. The average Bonchev–Trinajstić information content (AvgIpc) is 2.17. The Morgan fingerprint density at radius 1 is 1.73 bits per heavy atom. The monoisotopic (exact) mass is 159 g/mol. The summed E-state index contributed by atoms with van der Waals surface area (Å²) in [5.41, 5.74) is 0. The Hall–Kier alpha value is -1.26. The average molecular weight is 159 g/mol. The fourth-order valence-electron chi connectivity index (χ4n) is 0.916. The number of cyclic esters (lactones) is 1. The molecule has 1 aliphatic rings. The Bertz CT molecular complexity index is 203. The molecule has 1 aliphatic heterocycles. The molecular formula is C6H9NO4. The Balaban J connectivity index is 2.74. The molecule has 2 atom stereocenters. The molecule has 0 aromatic rings. The first kappa shape index (κ1) is 7.84. The Morgan fingerprint density at radius 3 is 2.45 bits per heavy atom. The molecule has 1 heterocycles. The van der Waals surface area contributed by atoms with Crippen LogP contribution in [0.2, 0.25) is 0 Å². The zero-order chi connectivity index (χ0) is 8.59. The van der Waals surface area contributed by atoms with Gasteiger partial charge in [-0.15, -0.1) is 0 Å². The van der Waals surface area contributed by atoms with Crippen LogP contribution in [0.4, 0.5) is 4.79 Å². The fourth-order valence-corrected chi connectivity index (χ4v) is 0.916. The van der Waals surface area contributed by atoms with Crippen molar-refractivity contribution in [2.24, 2.45) is 0 Å². The number of ether oxygens (including phenoxy) is 1. The predicted molar refractivity (Wildman–Crippen MR) is 35.1 cm³/mol. The topological polar surface area (TPSA) is 66.8 Å². The Labute approximate surface area is 63.5 Å². The molecule has 1 N–H and O–H groups in total. The lowest BCUT2D eigenvalue weighted by atomic mass is 10.2. The van der Waals surface area contributed by atoms with Gasteiger partial charge in [0.15, 0.2) is 0 Å². The molecule has 0 aromatic heterocycles. The van der Waals surface area contributed by atoms with Crippen molar-refractivity contribution < 1.29 is 19.4 Å². The normalized spacial score (nSPS) is 30.4. The quantitative estimate of drug-likeness (QED) is 0.580. The molecule has 0 radical (unpaired) electrons. The summed E-state index contributed by atoms with van der Waals surface area (Å²) < 4.78 is 4.53. The summed E-state index contributed by atoms with van der Waals surface area (Å²) in [6, 6.07) is -0.389. The van der Waals surface area contributed by atoms with Gasteiger partial charge in [-0.05, 0) is 6.92 Å². The number of carboxylic acid groups (broad SMARTS) is 1. The van der Waals surface area contributed by atoms with Gasteiger partial charge in [0.1, 0.15) is 0 Å². The van der Waals surface area contributed by atoms with Crippen LogP contribution in [-0.4, -0.2) is 41.3 Å². The number of rotatable bonds is 1. The Morgan fingerprint density at radius 2 is 2.27 bits per heavy atom. The van der Waals surface area contributed by atoms with Crippen molar-refractivity contribution in [2.45, 2.75) is 19.1 Å². The summed E-state index contributed by atoms with van der Waals surface area (Å²) in [5.74, 6) is -1.10. The van der Waals surface area contributed by atoms with Crippen LogP contribution in [0.3, 0.4) is 0 Å². The van der Waals surface area contributed by atoms with Gasteiger partial charge in [0.25, 0.3) is 0 Å². The van der Waals surface area contributed by atoms with Crippen molar-refractivity contribution >= 4 is 12.1 Å². The van der Waals surface area contributed by atoms with Gasteiger partial charge in [-0.25, -0.2) is 9.59 Å². The van der Waals surface area contributed by atoms with Crippen LogP contribution >= 0.6 is 0 Å². The van der Waals surface area contributed by atoms with E-state index in [1.807, 2.05) is 0 Å². The van der Waals surface area contributed by atoms with Crippen molar-refractivity contribution in [3.63, 3.8) is 0 Å². The molecule has 1 saturated heterocycles. The first-order valence-corrected chi connectivity index (χ1v) is 3.20. The molecule has 5 heteroatoms. The van der Waals surface area contributed by atoms with E-state index in [4.69, 9.17) is 5.11 Å². The lowest BCUT2D eigenvalue weighted by molar-refractivity contribution is -0.145. The van der Waals surface area contributed by atoms with Crippen LogP contribution in [0.1, 0.15) is 6.92 Å². The summed E-state index contributed by atoms with van der Waals surface area (Å²) in [5, 5.41) is 8.52. The summed E-state index contributed by atoms with van der Waals surface area (Å²) in [7, 11) is 1.51. The summed E-state index contributed by atoms with van der Waals surface area (Å²) in [4.78, 5) is 22.4. The zero-order valence-electron chi connectivity index (χ0n) is 6.27. The fraction of sp³-hybridized carbons (Fsp3) is 0.667. The highest BCUT2D eigenvalue weighted by Gasteiger charge is 2.40. The number of aliphatic carboxylic acids is 1. The third-order valence-corrected chi connectivity index (χ3v) is 1.81. The number of likely N-dealkylation sites (N-methyl/N-ethyl adjacent to an activating group) is 1. The van der Waals surface area contributed by atoms with Gasteiger partial charge < -0.3 is 14.7 Å². The molecule has 62 valence electrons. The third kappa shape index (κ3) is 1.13. The van der Waals surface area contributed by atoms with E-state index >= 15 is 0 Å². The van der Waals surface area contributed by atoms with E-state index < -0.39 is 18.2 Å². The van der Waals surface area contributed by atoms with Crippen LogP contribution < -0.4 is 0 Å². The molecule has 0 saturated carbocycles. The maximum Gasteiger partial charge on any atom is 0.410 e. The molecule has 1 fully saturated rings. The maximum absolute atomic E-state index is 10.7. The first-order valence-electron chi connectivity index (χ1n) is 3.20. The van der Waals surface area contributed by atoms with E-state index in [2.05, 4.69) is 4.74 Å². The van der Waals surface area contributed by atoms with Crippen LogP contribution in [0.25, 0.3) is 0 Å². The lowest BCUT2D eigenvalue weighted by Crippen LogP contribution is -2.34. The minimum absolute atomic E-state index is 0.389. The standard InChI is InChI=1S/C6H9NO4/c1-3-4(5(8)9)11-6(10)7(3)2/h3-4H,1-2H3,(H,8,9). The number of carbonyl (C=O) groups excluding carboxylic acids is 1. The van der Waals surface area contributed by atoms with Crippen molar-refractivity contribution in [1.29, 1.82) is 0 Å². The van der Waals surface area contributed by atoms with E-state index in [1.165, 1.54) is 11.9 Å². The lowest BCUT2D eigenvalue weighted by Gasteiger charge is -2.12. The van der Waals surface area contributed by atoms with E-state index in [0.29, 0.717) is 0 Å². The molecule has 5 nitrogen and oxygen atoms in total. The minimum atomic E-state index is -1.10. The molecule has 2 unspecified atom stereocenters. The van der Waals surface area contributed by atoms with Gasteiger partial charge in [0.2, 0.25) is 6.10 Å². The smallest absolute Gasteiger partial charge is 0.410 e. The predicted octanol–water partition coefficient (Wildman–Crippen LogP) is -0.0899. The van der Waals surface area contributed by atoms with Gasteiger partial charge in [0, 0.05) is 7.05 Å². The van der Waals surface area contributed by atoms with Gasteiger partial charge in [-0.1, -0.05) is 0 Å². The molecular weight excluding hydrogens is 150 g/mol. The van der Waals surface area contributed by atoms with Crippen molar-refractivity contribution in [2.75, 3.05) is 7.05 Å². The highest BCUT2D eigenvalue weighted by molar-refractivity contribution is 5.81. The van der Waals surface area contributed by atoms with Crippen LogP contribution in [-0.2, 0) is 9.53 Å². The van der Waals surface area contributed by atoms with E-state index in [9.17, 15) is 9.59 Å². The van der Waals surface area contributed by atoms with Crippen molar-refractivity contribution in [1.82, 2.24) is 4.90 Å². The molecule has 0 aromatic carbocycles. The second-order valence-electron chi connectivity index (χ2n) is 2.49. The van der Waals surface area contributed by atoms with E-state index in [-0.39, 0.29) is 6.04 Å². The third-order valence-electron chi connectivity index (χ3n) is 1.81. The highest BCUT2D eigenvalue weighted by Crippen LogP contribution is 2.16. The van der Waals surface area contributed by atoms with Crippen molar-refractivity contribution in [3.05, 3.63) is 0 Å². The van der Waals surface area contributed by atoms with Gasteiger partial charge in [0.05, 0.1) is 6.04 Å². The van der Waals surface area contributed by atoms with Gasteiger partial charge in [-0.3, -0.25) is 0 Å². The van der Waals surface area contributed by atoms with Crippen LogP contribution in [0.15, 0.2) is 0 Å². The number of hydrogen-bond donors (Lipinski definition) is 1. The zero-order valence-corrected chi connectivity index (χ0v) is 6.27. The highest BCUT2D eigenvalue weighted by atomic mass is 16.6. The summed E-state index contributed by atoms with van der Waals surface area (Å²) >= 11 is 0. The molecule has 11 heavy (non-hydrogen) atoms. The number of amides is 1. The summed E-state index contributed by atoms with van der Waals surface area (Å²) in [6.07, 6.45) is -1.60.